The number of hydrogen-bond donors (Lipinski definition) is 1. The second-order valence-corrected chi connectivity index (χ2v) is 5.64. The SMILES string of the molecule is CCCN(C(=O)CCCOc1cccc(F)c1)C1CCNC1. The van der Waals surface area contributed by atoms with Crippen molar-refractivity contribution in [1.29, 1.82) is 0 Å². The number of hydrogen-bond acceptors (Lipinski definition) is 3. The van der Waals surface area contributed by atoms with Gasteiger partial charge >= 0.3 is 0 Å². The van der Waals surface area contributed by atoms with Gasteiger partial charge in [-0.1, -0.05) is 13.0 Å². The summed E-state index contributed by atoms with van der Waals surface area (Å²) in [5.41, 5.74) is 0. The number of carbonyl (C=O) groups excluding carboxylic acids is 1. The van der Waals surface area contributed by atoms with E-state index in [-0.39, 0.29) is 11.7 Å². The molecule has 5 heteroatoms. The zero-order chi connectivity index (χ0) is 15.8. The van der Waals surface area contributed by atoms with Crippen molar-refractivity contribution < 1.29 is 13.9 Å². The van der Waals surface area contributed by atoms with E-state index in [2.05, 4.69) is 12.2 Å². The number of halogens is 1. The molecule has 1 saturated heterocycles. The molecular formula is C17H25FN2O2. The molecular weight excluding hydrogens is 283 g/mol. The molecule has 2 rings (SSSR count). The smallest absolute Gasteiger partial charge is 0.222 e. The number of nitrogens with zero attached hydrogens (tertiary/aromatic N) is 1. The number of ether oxygens (including phenoxy) is 1. The Morgan fingerprint density at radius 3 is 3.05 bits per heavy atom. The molecule has 1 atom stereocenters. The van der Waals surface area contributed by atoms with Gasteiger partial charge in [0.2, 0.25) is 5.91 Å². The highest BCUT2D eigenvalue weighted by Gasteiger charge is 2.25. The Morgan fingerprint density at radius 1 is 1.50 bits per heavy atom. The summed E-state index contributed by atoms with van der Waals surface area (Å²) in [6.45, 7) is 5.22. The van der Waals surface area contributed by atoms with E-state index < -0.39 is 0 Å². The minimum Gasteiger partial charge on any atom is -0.493 e. The fourth-order valence-corrected chi connectivity index (χ4v) is 2.77. The third-order valence-electron chi connectivity index (χ3n) is 3.86. The molecule has 1 aliphatic rings. The van der Waals surface area contributed by atoms with E-state index in [4.69, 9.17) is 4.74 Å². The van der Waals surface area contributed by atoms with Gasteiger partial charge in [0.25, 0.3) is 0 Å². The van der Waals surface area contributed by atoms with E-state index in [0.29, 0.717) is 31.2 Å². The third-order valence-corrected chi connectivity index (χ3v) is 3.86. The van der Waals surface area contributed by atoms with Crippen molar-refractivity contribution in [3.63, 3.8) is 0 Å². The van der Waals surface area contributed by atoms with Gasteiger partial charge in [-0.15, -0.1) is 0 Å². The highest BCUT2D eigenvalue weighted by atomic mass is 19.1. The molecule has 1 aromatic carbocycles. The Morgan fingerprint density at radius 2 is 2.36 bits per heavy atom. The van der Waals surface area contributed by atoms with Gasteiger partial charge in [0.05, 0.1) is 6.61 Å². The van der Waals surface area contributed by atoms with Gasteiger partial charge in [0, 0.05) is 31.6 Å². The van der Waals surface area contributed by atoms with Crippen LogP contribution in [0.5, 0.6) is 5.75 Å². The normalized spacial score (nSPS) is 17.5. The summed E-state index contributed by atoms with van der Waals surface area (Å²) in [6, 6.07) is 6.41. The zero-order valence-corrected chi connectivity index (χ0v) is 13.2. The van der Waals surface area contributed by atoms with Gasteiger partial charge in [-0.2, -0.15) is 0 Å². The molecule has 22 heavy (non-hydrogen) atoms. The topological polar surface area (TPSA) is 41.6 Å². The molecule has 1 amide bonds. The lowest BCUT2D eigenvalue weighted by Gasteiger charge is -2.28. The van der Waals surface area contributed by atoms with Gasteiger partial charge in [0.15, 0.2) is 0 Å². The van der Waals surface area contributed by atoms with Crippen molar-refractivity contribution >= 4 is 5.91 Å². The summed E-state index contributed by atoms with van der Waals surface area (Å²) in [4.78, 5) is 14.4. The predicted octanol–water partition coefficient (Wildman–Crippen LogP) is 2.59. The molecule has 1 heterocycles. The summed E-state index contributed by atoms with van der Waals surface area (Å²) < 4.78 is 18.5. The van der Waals surface area contributed by atoms with Crippen LogP contribution in [0.1, 0.15) is 32.6 Å². The summed E-state index contributed by atoms with van der Waals surface area (Å²) in [5, 5.41) is 3.31. The molecule has 0 aromatic heterocycles. The number of nitrogens with one attached hydrogen (secondary N) is 1. The molecule has 122 valence electrons. The van der Waals surface area contributed by atoms with Gasteiger partial charge in [-0.25, -0.2) is 4.39 Å². The van der Waals surface area contributed by atoms with Gasteiger partial charge in [-0.05, 0) is 37.9 Å². The average Bonchev–Trinajstić information content (AvgIpc) is 3.03. The monoisotopic (exact) mass is 308 g/mol. The standard InChI is InChI=1S/C17H25FN2O2/c1-2-10-20(15-8-9-19-13-15)17(21)7-4-11-22-16-6-3-5-14(18)12-16/h3,5-6,12,15,19H,2,4,7-11,13H2,1H3. The lowest BCUT2D eigenvalue weighted by atomic mass is 10.1. The maximum Gasteiger partial charge on any atom is 0.222 e. The fourth-order valence-electron chi connectivity index (χ4n) is 2.77. The van der Waals surface area contributed by atoms with Crippen molar-refractivity contribution in [1.82, 2.24) is 10.2 Å². The van der Waals surface area contributed by atoms with Crippen LogP contribution in [0.3, 0.4) is 0 Å². The van der Waals surface area contributed by atoms with Crippen LogP contribution in [0, 0.1) is 5.82 Å². The first-order chi connectivity index (χ1) is 10.7. The van der Waals surface area contributed by atoms with Crippen LogP contribution in [0.4, 0.5) is 4.39 Å². The Balaban J connectivity index is 1.73. The Kier molecular flexibility index (Phi) is 6.65. The van der Waals surface area contributed by atoms with Crippen molar-refractivity contribution in [3.8, 4) is 5.75 Å². The highest BCUT2D eigenvalue weighted by Crippen LogP contribution is 2.14. The van der Waals surface area contributed by atoms with Crippen LogP contribution >= 0.6 is 0 Å². The van der Waals surface area contributed by atoms with E-state index in [0.717, 1.165) is 32.5 Å². The van der Waals surface area contributed by atoms with Crippen molar-refractivity contribution in [2.45, 2.75) is 38.6 Å². The molecule has 1 fully saturated rings. The first-order valence-corrected chi connectivity index (χ1v) is 8.09. The predicted molar refractivity (Wildman–Crippen MR) is 84.4 cm³/mol. The zero-order valence-electron chi connectivity index (χ0n) is 13.2. The maximum absolute atomic E-state index is 13.0. The molecule has 4 nitrogen and oxygen atoms in total. The molecule has 1 aromatic rings. The summed E-state index contributed by atoms with van der Waals surface area (Å²) >= 11 is 0. The summed E-state index contributed by atoms with van der Waals surface area (Å²) in [7, 11) is 0. The molecule has 0 saturated carbocycles. The lowest BCUT2D eigenvalue weighted by molar-refractivity contribution is -0.133. The van der Waals surface area contributed by atoms with Crippen LogP contribution in [0.2, 0.25) is 0 Å². The summed E-state index contributed by atoms with van der Waals surface area (Å²) in [6.07, 6.45) is 3.13. The molecule has 0 bridgehead atoms. The number of benzene rings is 1. The Hall–Kier alpha value is -1.62. The van der Waals surface area contributed by atoms with Crippen LogP contribution in [-0.4, -0.2) is 43.1 Å². The van der Waals surface area contributed by atoms with Crippen molar-refractivity contribution in [2.24, 2.45) is 0 Å². The van der Waals surface area contributed by atoms with Crippen LogP contribution < -0.4 is 10.1 Å². The Labute approximate surface area is 131 Å². The van der Waals surface area contributed by atoms with E-state index in [1.165, 1.54) is 12.1 Å². The molecule has 1 unspecified atom stereocenters. The first kappa shape index (κ1) is 16.7. The summed E-state index contributed by atoms with van der Waals surface area (Å²) in [5.74, 6) is 0.396. The molecule has 0 radical (unpaired) electrons. The van der Waals surface area contributed by atoms with Gasteiger partial charge < -0.3 is 15.0 Å². The number of amides is 1. The van der Waals surface area contributed by atoms with Crippen molar-refractivity contribution in [2.75, 3.05) is 26.2 Å². The van der Waals surface area contributed by atoms with Crippen LogP contribution in [0.15, 0.2) is 24.3 Å². The second-order valence-electron chi connectivity index (χ2n) is 5.64. The first-order valence-electron chi connectivity index (χ1n) is 8.09. The quantitative estimate of drug-likeness (QED) is 0.751. The van der Waals surface area contributed by atoms with Crippen LogP contribution in [0.25, 0.3) is 0 Å². The van der Waals surface area contributed by atoms with Crippen molar-refractivity contribution in [3.05, 3.63) is 30.1 Å². The molecule has 1 N–H and O–H groups in total. The van der Waals surface area contributed by atoms with E-state index in [1.54, 1.807) is 12.1 Å². The molecule has 1 aliphatic heterocycles. The van der Waals surface area contributed by atoms with Gasteiger partial charge in [-0.3, -0.25) is 4.79 Å². The third kappa shape index (κ3) is 4.98. The fraction of sp³-hybridized carbons (Fsp3) is 0.588. The highest BCUT2D eigenvalue weighted by molar-refractivity contribution is 5.76. The van der Waals surface area contributed by atoms with E-state index in [9.17, 15) is 9.18 Å². The average molecular weight is 308 g/mol. The Bertz CT molecular complexity index is 475. The lowest BCUT2D eigenvalue weighted by Crippen LogP contribution is -2.42. The minimum absolute atomic E-state index is 0.193. The number of carbonyl (C=O) groups is 1. The van der Waals surface area contributed by atoms with Crippen LogP contribution in [-0.2, 0) is 4.79 Å². The molecule has 0 aliphatic carbocycles. The van der Waals surface area contributed by atoms with Gasteiger partial charge in [0.1, 0.15) is 11.6 Å². The molecule has 0 spiro atoms. The minimum atomic E-state index is -0.309. The largest absolute Gasteiger partial charge is 0.493 e. The second kappa shape index (κ2) is 8.73. The maximum atomic E-state index is 13.0. The van der Waals surface area contributed by atoms with E-state index >= 15 is 0 Å². The number of rotatable bonds is 8. The van der Waals surface area contributed by atoms with E-state index in [1.807, 2.05) is 4.90 Å².